The molecule has 2 aliphatic heterocycles. The minimum absolute atomic E-state index is 0.0111. The number of rotatable bonds is 6. The van der Waals surface area contributed by atoms with Gasteiger partial charge in [-0.2, -0.15) is 0 Å². The maximum atomic E-state index is 3.71. The average molecular weight is 886 g/mol. The second-order valence-corrected chi connectivity index (χ2v) is 21.8. The van der Waals surface area contributed by atoms with Crippen molar-refractivity contribution in [2.24, 2.45) is 5.41 Å². The van der Waals surface area contributed by atoms with E-state index >= 15 is 0 Å². The van der Waals surface area contributed by atoms with E-state index in [-0.39, 0.29) is 23.6 Å². The van der Waals surface area contributed by atoms with Crippen LogP contribution in [0.1, 0.15) is 63.8 Å². The van der Waals surface area contributed by atoms with Gasteiger partial charge in [-0.25, -0.2) is 0 Å². The molecule has 0 bridgehead atoms. The zero-order chi connectivity index (χ0) is 46.4. The van der Waals surface area contributed by atoms with Crippen LogP contribution in [0.4, 0.5) is 45.5 Å². The molecule has 1 aliphatic carbocycles. The number of hydrogen-bond donors (Lipinski definition) is 0. The number of hydrogen-bond acceptors (Lipinski definition) is 4. The highest BCUT2D eigenvalue weighted by atomic mass is 32.1. The van der Waals surface area contributed by atoms with Gasteiger partial charge in [0.25, 0.3) is 6.71 Å². The van der Waals surface area contributed by atoms with Crippen molar-refractivity contribution in [3.05, 3.63) is 198 Å². The molecule has 3 heterocycles. The molecular weight excluding hydrogens is 830 g/mol. The Morgan fingerprint density at radius 2 is 1.30 bits per heavy atom. The number of fused-ring (bicyclic) bond motifs is 5. The SMILES string of the molecule is Cc1cc2c3c(c1)N(C1C#CC=C(C(C)(C)C)C=C1)c1ccc(C(C)(C)C)cc1B3c1ccc(N(c3ccccc3)c3ccc(-c4cc5ccccc5s4)cc3)cc1N2c1c(C)cccc1C. The van der Waals surface area contributed by atoms with Gasteiger partial charge in [0.05, 0.1) is 5.69 Å². The second kappa shape index (κ2) is 16.1. The smallest absolute Gasteiger partial charge is 0.252 e. The summed E-state index contributed by atoms with van der Waals surface area (Å²) in [5.74, 6) is 7.23. The summed E-state index contributed by atoms with van der Waals surface area (Å²) in [6, 6.07) is 56.8. The lowest BCUT2D eigenvalue weighted by Gasteiger charge is -2.46. The number of anilines is 8. The molecular formula is C62H56BN3S. The van der Waals surface area contributed by atoms with Crippen molar-refractivity contribution >= 4 is 90.0 Å². The van der Waals surface area contributed by atoms with Crippen molar-refractivity contribution in [3.63, 3.8) is 0 Å². The van der Waals surface area contributed by atoms with E-state index in [1.54, 1.807) is 0 Å². The zero-order valence-corrected chi connectivity index (χ0v) is 40.9. The van der Waals surface area contributed by atoms with Crippen molar-refractivity contribution in [1.29, 1.82) is 0 Å². The quantitative estimate of drug-likeness (QED) is 0.122. The Morgan fingerprint density at radius 3 is 2.03 bits per heavy atom. The second-order valence-electron chi connectivity index (χ2n) is 20.7. The number of allylic oxidation sites excluding steroid dienone is 3. The summed E-state index contributed by atoms with van der Waals surface area (Å²) in [5, 5.41) is 1.29. The van der Waals surface area contributed by atoms with Crippen LogP contribution in [0.2, 0.25) is 0 Å². The Kier molecular flexibility index (Phi) is 10.3. The molecule has 3 nitrogen and oxygen atoms in total. The van der Waals surface area contributed by atoms with Gasteiger partial charge in [-0.05, 0) is 166 Å². The molecule has 328 valence electrons. The van der Waals surface area contributed by atoms with Gasteiger partial charge in [-0.1, -0.05) is 144 Å². The first kappa shape index (κ1) is 42.6. The molecule has 67 heavy (non-hydrogen) atoms. The molecule has 1 atom stereocenters. The molecule has 0 amide bonds. The minimum Gasteiger partial charge on any atom is -0.324 e. The van der Waals surface area contributed by atoms with Crippen molar-refractivity contribution in [2.75, 3.05) is 14.7 Å². The van der Waals surface area contributed by atoms with Crippen LogP contribution in [0.15, 0.2) is 175 Å². The van der Waals surface area contributed by atoms with Crippen LogP contribution in [0.3, 0.4) is 0 Å². The van der Waals surface area contributed by atoms with Gasteiger partial charge in [0.15, 0.2) is 0 Å². The fraction of sp³-hybridized carbons (Fsp3) is 0.194. The first-order valence-corrected chi connectivity index (χ1v) is 24.5. The number of aryl methyl sites for hydroxylation is 3. The maximum absolute atomic E-state index is 3.71. The standard InChI is InChI=1S/C62H56BN3S/c1-40-35-55-59-56(36-40)66(60-41(2)17-15-18-42(60)3)54-39-50(64(47-21-11-10-12-22-47)49-29-25-43(26-30-49)58-37-44-19-13-14-24-57(44)67-58)32-33-51(54)63(59)52-38-46(62(7,8)9)28-34-53(52)65(55)48-23-16-20-45(27-31-48)61(4,5)6/h10-15,17-22,24-39,48H,1-9H3. The molecule has 0 spiro atoms. The molecule has 0 fully saturated rings. The van der Waals surface area contributed by atoms with Gasteiger partial charge in [0.1, 0.15) is 6.04 Å². The van der Waals surface area contributed by atoms with Crippen LogP contribution >= 0.6 is 11.3 Å². The van der Waals surface area contributed by atoms with Crippen LogP contribution in [0, 0.1) is 38.0 Å². The molecule has 0 saturated heterocycles. The third-order valence-electron chi connectivity index (χ3n) is 13.9. The number of para-hydroxylation sites is 2. The Bertz CT molecular complexity index is 3330. The molecule has 1 aromatic heterocycles. The molecule has 7 aromatic carbocycles. The van der Waals surface area contributed by atoms with Crippen molar-refractivity contribution in [2.45, 2.75) is 73.8 Å². The lowest BCUT2D eigenvalue weighted by atomic mass is 9.33. The summed E-state index contributed by atoms with van der Waals surface area (Å²) >= 11 is 1.85. The van der Waals surface area contributed by atoms with E-state index in [2.05, 4.69) is 259 Å². The Balaban J connectivity index is 1.14. The van der Waals surface area contributed by atoms with E-state index < -0.39 is 0 Å². The van der Waals surface area contributed by atoms with Crippen molar-refractivity contribution in [3.8, 4) is 22.3 Å². The molecule has 8 aromatic rings. The minimum atomic E-state index is -0.163. The molecule has 1 unspecified atom stereocenters. The van der Waals surface area contributed by atoms with E-state index in [9.17, 15) is 0 Å². The summed E-state index contributed by atoms with van der Waals surface area (Å²) in [7, 11) is 0. The maximum Gasteiger partial charge on any atom is 0.252 e. The highest BCUT2D eigenvalue weighted by Gasteiger charge is 2.45. The van der Waals surface area contributed by atoms with E-state index in [1.807, 2.05) is 11.3 Å². The summed E-state index contributed by atoms with van der Waals surface area (Å²) in [6.07, 6.45) is 6.74. The normalized spacial score (nSPS) is 15.0. The van der Waals surface area contributed by atoms with E-state index in [4.69, 9.17) is 0 Å². The van der Waals surface area contributed by atoms with Crippen molar-refractivity contribution in [1.82, 2.24) is 0 Å². The lowest BCUT2D eigenvalue weighted by Crippen LogP contribution is -2.63. The van der Waals surface area contributed by atoms with Gasteiger partial charge >= 0.3 is 0 Å². The van der Waals surface area contributed by atoms with Gasteiger partial charge in [-0.15, -0.1) is 11.3 Å². The fourth-order valence-corrected chi connectivity index (χ4v) is 11.6. The summed E-state index contributed by atoms with van der Waals surface area (Å²) in [5.41, 5.74) is 20.8. The van der Waals surface area contributed by atoms with Crippen LogP contribution in [0.5, 0.6) is 0 Å². The summed E-state index contributed by atoms with van der Waals surface area (Å²) < 4.78 is 1.31. The number of thiophene rings is 1. The van der Waals surface area contributed by atoms with E-state index in [0.29, 0.717) is 0 Å². The molecule has 5 heteroatoms. The first-order valence-electron chi connectivity index (χ1n) is 23.7. The van der Waals surface area contributed by atoms with Crippen LogP contribution in [-0.4, -0.2) is 12.8 Å². The molecule has 0 N–H and O–H groups in total. The van der Waals surface area contributed by atoms with E-state index in [1.165, 1.54) is 93.2 Å². The molecule has 0 radical (unpaired) electrons. The van der Waals surface area contributed by atoms with Crippen LogP contribution < -0.4 is 31.1 Å². The van der Waals surface area contributed by atoms with Crippen LogP contribution in [-0.2, 0) is 5.41 Å². The van der Waals surface area contributed by atoms with E-state index in [0.717, 1.165) is 17.1 Å². The largest absolute Gasteiger partial charge is 0.324 e. The zero-order valence-electron chi connectivity index (χ0n) is 40.1. The van der Waals surface area contributed by atoms with Gasteiger partial charge in [0.2, 0.25) is 0 Å². The number of nitrogens with zero attached hydrogens (tertiary/aromatic N) is 3. The highest BCUT2D eigenvalue weighted by Crippen LogP contribution is 2.47. The molecule has 3 aliphatic rings. The third-order valence-corrected chi connectivity index (χ3v) is 15.1. The van der Waals surface area contributed by atoms with Gasteiger partial charge in [0, 0.05) is 49.4 Å². The van der Waals surface area contributed by atoms with Gasteiger partial charge in [-0.3, -0.25) is 0 Å². The van der Waals surface area contributed by atoms with Gasteiger partial charge < -0.3 is 14.7 Å². The highest BCUT2D eigenvalue weighted by molar-refractivity contribution is 7.22. The first-order chi connectivity index (χ1) is 32.2. The number of benzene rings is 7. The lowest BCUT2D eigenvalue weighted by molar-refractivity contribution is 0.517. The fourth-order valence-electron chi connectivity index (χ4n) is 10.5. The summed E-state index contributed by atoms with van der Waals surface area (Å²) in [6.45, 7) is 20.6. The topological polar surface area (TPSA) is 9.72 Å². The predicted octanol–water partition coefficient (Wildman–Crippen LogP) is 14.9. The Hall–Kier alpha value is -7.00. The summed E-state index contributed by atoms with van der Waals surface area (Å²) in [4.78, 5) is 8.82. The molecule has 11 rings (SSSR count). The third kappa shape index (κ3) is 7.40. The Labute approximate surface area is 401 Å². The van der Waals surface area contributed by atoms with Crippen LogP contribution in [0.25, 0.3) is 20.5 Å². The predicted molar refractivity (Wildman–Crippen MR) is 291 cm³/mol. The Morgan fingerprint density at radius 1 is 0.597 bits per heavy atom. The van der Waals surface area contributed by atoms with Crippen molar-refractivity contribution < 1.29 is 0 Å². The molecule has 0 saturated carbocycles. The average Bonchev–Trinajstić information content (AvgIpc) is 3.58. The monoisotopic (exact) mass is 885 g/mol.